The minimum Gasteiger partial charge on any atom is -0.366 e. The number of alkyl halides is 3. The van der Waals surface area contributed by atoms with Crippen LogP contribution in [0.2, 0.25) is 5.15 Å². The average molecular weight is 280 g/mol. The van der Waals surface area contributed by atoms with Crippen molar-refractivity contribution >= 4 is 17.4 Å². The molecule has 0 bridgehead atoms. The summed E-state index contributed by atoms with van der Waals surface area (Å²) >= 11 is 5.67. The molecule has 1 aliphatic carbocycles. The quantitative estimate of drug-likeness (QED) is 0.898. The number of aromatic nitrogens is 2. The molecule has 0 radical (unpaired) electrons. The van der Waals surface area contributed by atoms with Gasteiger partial charge in [-0.05, 0) is 19.3 Å². The third-order valence-corrected chi connectivity index (χ3v) is 3.28. The monoisotopic (exact) mass is 279 g/mol. The summed E-state index contributed by atoms with van der Waals surface area (Å²) in [4.78, 5) is 7.80. The largest absolute Gasteiger partial charge is 0.391 e. The van der Waals surface area contributed by atoms with Crippen LogP contribution in [0.25, 0.3) is 0 Å². The molecule has 1 aromatic rings. The number of hydrogen-bond donors (Lipinski definition) is 1. The molecule has 2 rings (SSSR count). The maximum Gasteiger partial charge on any atom is 0.391 e. The Morgan fingerprint density at radius 2 is 2.06 bits per heavy atom. The number of nitrogens with zero attached hydrogens (tertiary/aromatic N) is 2. The second-order valence-corrected chi connectivity index (χ2v) is 4.86. The highest BCUT2D eigenvalue weighted by Gasteiger charge is 2.42. The van der Waals surface area contributed by atoms with E-state index in [-0.39, 0.29) is 24.0 Å². The highest BCUT2D eigenvalue weighted by molar-refractivity contribution is 6.29. The molecule has 1 fully saturated rings. The third-order valence-electron chi connectivity index (χ3n) is 3.09. The molecule has 0 spiro atoms. The Morgan fingerprint density at radius 3 is 2.72 bits per heavy atom. The van der Waals surface area contributed by atoms with Gasteiger partial charge in [0.1, 0.15) is 11.0 Å². The topological polar surface area (TPSA) is 37.8 Å². The zero-order chi connectivity index (χ0) is 13.2. The van der Waals surface area contributed by atoms with E-state index in [2.05, 4.69) is 15.3 Å². The van der Waals surface area contributed by atoms with Crippen molar-refractivity contribution in [1.29, 1.82) is 0 Å². The summed E-state index contributed by atoms with van der Waals surface area (Å²) in [5.74, 6) is -0.800. The standard InChI is InChI=1S/C11H13ClF3N3/c12-9-5-16-6-10(18-9)17-8-3-1-2-7(4-8)11(13,14)15/h5-8H,1-4H2,(H,17,18). The van der Waals surface area contributed by atoms with Crippen LogP contribution in [0.1, 0.15) is 25.7 Å². The van der Waals surface area contributed by atoms with Gasteiger partial charge in [0.2, 0.25) is 0 Å². The van der Waals surface area contributed by atoms with Crippen LogP contribution < -0.4 is 5.32 Å². The summed E-state index contributed by atoms with van der Waals surface area (Å²) in [5, 5.41) is 3.19. The molecule has 1 saturated carbocycles. The number of rotatable bonds is 2. The maximum atomic E-state index is 12.6. The van der Waals surface area contributed by atoms with Gasteiger partial charge >= 0.3 is 6.18 Å². The molecule has 1 N–H and O–H groups in total. The molecule has 0 aromatic carbocycles. The molecule has 1 heterocycles. The van der Waals surface area contributed by atoms with Crippen LogP contribution in [-0.4, -0.2) is 22.2 Å². The van der Waals surface area contributed by atoms with E-state index in [0.29, 0.717) is 18.7 Å². The fourth-order valence-electron chi connectivity index (χ4n) is 2.24. The summed E-state index contributed by atoms with van der Waals surface area (Å²) in [7, 11) is 0. The SMILES string of the molecule is FC(F)(F)C1CCCC(Nc2cncc(Cl)n2)C1. The van der Waals surface area contributed by atoms with Crippen molar-refractivity contribution < 1.29 is 13.2 Å². The fourth-order valence-corrected chi connectivity index (χ4v) is 2.39. The fraction of sp³-hybridized carbons (Fsp3) is 0.636. The molecule has 2 atom stereocenters. The van der Waals surface area contributed by atoms with Crippen molar-refractivity contribution in [3.05, 3.63) is 17.5 Å². The Balaban J connectivity index is 1.98. The average Bonchev–Trinajstić information content (AvgIpc) is 2.28. The molecular formula is C11H13ClF3N3. The summed E-state index contributed by atoms with van der Waals surface area (Å²) < 4.78 is 37.9. The molecule has 2 unspecified atom stereocenters. The van der Waals surface area contributed by atoms with Crippen molar-refractivity contribution in [2.45, 2.75) is 37.9 Å². The van der Waals surface area contributed by atoms with E-state index in [1.54, 1.807) is 0 Å². The van der Waals surface area contributed by atoms with E-state index in [9.17, 15) is 13.2 Å². The van der Waals surface area contributed by atoms with Crippen molar-refractivity contribution in [3.63, 3.8) is 0 Å². The summed E-state index contributed by atoms with van der Waals surface area (Å²) in [5.41, 5.74) is 0. The molecule has 7 heteroatoms. The lowest BCUT2D eigenvalue weighted by Gasteiger charge is -2.31. The first-order valence-corrected chi connectivity index (χ1v) is 6.14. The molecule has 100 valence electrons. The Bertz CT molecular complexity index is 411. The first-order chi connectivity index (χ1) is 8.45. The van der Waals surface area contributed by atoms with Crippen LogP contribution in [0, 0.1) is 5.92 Å². The second-order valence-electron chi connectivity index (χ2n) is 4.47. The van der Waals surface area contributed by atoms with Gasteiger partial charge in [-0.15, -0.1) is 0 Å². The highest BCUT2D eigenvalue weighted by Crippen LogP contribution is 2.38. The summed E-state index contributed by atoms with van der Waals surface area (Å²) in [6.07, 6.45) is 0.298. The first-order valence-electron chi connectivity index (χ1n) is 5.76. The Hall–Kier alpha value is -1.04. The Morgan fingerprint density at radius 1 is 1.28 bits per heavy atom. The molecule has 3 nitrogen and oxygen atoms in total. The minimum absolute atomic E-state index is 0.0810. The predicted octanol–water partition coefficient (Wildman–Crippen LogP) is 3.66. The smallest absolute Gasteiger partial charge is 0.366 e. The van der Waals surface area contributed by atoms with Gasteiger partial charge in [-0.1, -0.05) is 18.0 Å². The van der Waals surface area contributed by atoms with Crippen LogP contribution >= 0.6 is 11.6 Å². The van der Waals surface area contributed by atoms with Gasteiger partial charge in [-0.2, -0.15) is 13.2 Å². The Labute approximate surface area is 108 Å². The lowest BCUT2D eigenvalue weighted by Crippen LogP contribution is -2.34. The molecule has 1 aromatic heterocycles. The van der Waals surface area contributed by atoms with E-state index < -0.39 is 12.1 Å². The van der Waals surface area contributed by atoms with Crippen molar-refractivity contribution in [2.24, 2.45) is 5.92 Å². The second kappa shape index (κ2) is 5.30. The number of halogens is 4. The van der Waals surface area contributed by atoms with Crippen molar-refractivity contribution in [2.75, 3.05) is 5.32 Å². The van der Waals surface area contributed by atoms with Crippen LogP contribution in [0.4, 0.5) is 19.0 Å². The van der Waals surface area contributed by atoms with Gasteiger partial charge in [0, 0.05) is 6.04 Å². The first kappa shape index (κ1) is 13.4. The minimum atomic E-state index is -4.11. The van der Waals surface area contributed by atoms with Gasteiger partial charge in [-0.3, -0.25) is 4.98 Å². The van der Waals surface area contributed by atoms with E-state index in [1.807, 2.05) is 0 Å². The van der Waals surface area contributed by atoms with Gasteiger partial charge in [0.15, 0.2) is 0 Å². The summed E-state index contributed by atoms with van der Waals surface area (Å²) in [6.45, 7) is 0. The zero-order valence-corrected chi connectivity index (χ0v) is 10.3. The van der Waals surface area contributed by atoms with Gasteiger partial charge in [0.05, 0.1) is 18.3 Å². The van der Waals surface area contributed by atoms with Crippen LogP contribution in [0.3, 0.4) is 0 Å². The van der Waals surface area contributed by atoms with Gasteiger partial charge < -0.3 is 5.32 Å². The number of nitrogens with one attached hydrogen (secondary N) is 1. The van der Waals surface area contributed by atoms with Gasteiger partial charge in [0.25, 0.3) is 0 Å². The van der Waals surface area contributed by atoms with Gasteiger partial charge in [-0.25, -0.2) is 4.98 Å². The Kier molecular flexibility index (Phi) is 3.94. The van der Waals surface area contributed by atoms with E-state index >= 15 is 0 Å². The zero-order valence-electron chi connectivity index (χ0n) is 9.54. The predicted molar refractivity (Wildman–Crippen MR) is 62.5 cm³/mol. The molecule has 18 heavy (non-hydrogen) atoms. The third kappa shape index (κ3) is 3.48. The number of hydrogen-bond acceptors (Lipinski definition) is 3. The number of anilines is 1. The molecule has 0 aliphatic heterocycles. The summed E-state index contributed by atoms with van der Waals surface area (Å²) in [6, 6.07) is -0.224. The lowest BCUT2D eigenvalue weighted by atomic mass is 9.85. The normalized spacial score (nSPS) is 24.9. The molecule has 0 amide bonds. The highest BCUT2D eigenvalue weighted by atomic mass is 35.5. The van der Waals surface area contributed by atoms with E-state index in [0.717, 1.165) is 0 Å². The van der Waals surface area contributed by atoms with E-state index in [1.165, 1.54) is 12.4 Å². The maximum absolute atomic E-state index is 12.6. The van der Waals surface area contributed by atoms with Crippen molar-refractivity contribution in [1.82, 2.24) is 9.97 Å². The van der Waals surface area contributed by atoms with Crippen molar-refractivity contribution in [3.8, 4) is 0 Å². The molecule has 0 saturated heterocycles. The van der Waals surface area contributed by atoms with Crippen LogP contribution in [0.15, 0.2) is 12.4 Å². The molecule has 1 aliphatic rings. The lowest BCUT2D eigenvalue weighted by molar-refractivity contribution is -0.182. The van der Waals surface area contributed by atoms with E-state index in [4.69, 9.17) is 11.6 Å². The van der Waals surface area contributed by atoms with Crippen LogP contribution in [0.5, 0.6) is 0 Å². The van der Waals surface area contributed by atoms with Crippen LogP contribution in [-0.2, 0) is 0 Å². The molecular weight excluding hydrogens is 267 g/mol.